The van der Waals surface area contributed by atoms with E-state index in [4.69, 9.17) is 9.97 Å². The van der Waals surface area contributed by atoms with Crippen molar-refractivity contribution in [1.82, 2.24) is 9.97 Å². The number of aliphatic hydroxyl groups excluding tert-OH is 1. The molecule has 0 aliphatic carbocycles. The normalized spacial score (nSPS) is 18.8. The van der Waals surface area contributed by atoms with Crippen LogP contribution >= 0.6 is 11.3 Å². The Morgan fingerprint density at radius 1 is 1.14 bits per heavy atom. The van der Waals surface area contributed by atoms with Gasteiger partial charge in [0.05, 0.1) is 16.5 Å². The molecule has 4 rings (SSSR count). The van der Waals surface area contributed by atoms with Crippen molar-refractivity contribution < 1.29 is 5.11 Å². The summed E-state index contributed by atoms with van der Waals surface area (Å²) in [5, 5.41) is 13.1. The molecule has 1 aromatic carbocycles. The van der Waals surface area contributed by atoms with E-state index in [2.05, 4.69) is 11.0 Å². The minimum Gasteiger partial charge on any atom is -0.391 e. The van der Waals surface area contributed by atoms with Crippen LogP contribution in [0.25, 0.3) is 21.6 Å². The number of benzene rings is 1. The van der Waals surface area contributed by atoms with Gasteiger partial charge in [-0.25, -0.2) is 9.97 Å². The third kappa shape index (κ3) is 2.46. The quantitative estimate of drug-likeness (QED) is 0.789. The molecule has 3 heterocycles. The summed E-state index contributed by atoms with van der Waals surface area (Å²) < 4.78 is 0. The molecule has 2 aromatic heterocycles. The molecule has 0 unspecified atom stereocenters. The average molecular weight is 311 g/mol. The van der Waals surface area contributed by atoms with Crippen LogP contribution in [0.3, 0.4) is 0 Å². The molecule has 1 aliphatic rings. The lowest BCUT2D eigenvalue weighted by molar-refractivity contribution is 0.154. The zero-order chi connectivity index (χ0) is 14.9. The van der Waals surface area contributed by atoms with Gasteiger partial charge in [0.25, 0.3) is 0 Å². The van der Waals surface area contributed by atoms with Crippen molar-refractivity contribution in [3.8, 4) is 10.7 Å². The largest absolute Gasteiger partial charge is 0.391 e. The van der Waals surface area contributed by atoms with E-state index in [-0.39, 0.29) is 6.10 Å². The minimum atomic E-state index is -0.271. The Hall–Kier alpha value is -1.98. The van der Waals surface area contributed by atoms with Gasteiger partial charge < -0.3 is 10.0 Å². The van der Waals surface area contributed by atoms with Crippen molar-refractivity contribution in [2.45, 2.75) is 18.9 Å². The van der Waals surface area contributed by atoms with E-state index in [1.807, 2.05) is 35.7 Å². The first-order chi connectivity index (χ1) is 10.8. The van der Waals surface area contributed by atoms with E-state index in [0.717, 1.165) is 46.8 Å². The fraction of sp³-hybridized carbons (Fsp3) is 0.294. The topological polar surface area (TPSA) is 49.2 Å². The summed E-state index contributed by atoms with van der Waals surface area (Å²) in [6, 6.07) is 12.2. The lowest BCUT2D eigenvalue weighted by atomic mass is 10.1. The van der Waals surface area contributed by atoms with Crippen LogP contribution in [-0.2, 0) is 0 Å². The zero-order valence-corrected chi connectivity index (χ0v) is 13.0. The number of hydrogen-bond donors (Lipinski definition) is 1. The molecule has 1 N–H and O–H groups in total. The number of aromatic nitrogens is 2. The number of β-amino-alcohol motifs (C(OH)–C–C–N with tert-alkyl or cyclic N) is 1. The fourth-order valence-corrected chi connectivity index (χ4v) is 3.62. The smallest absolute Gasteiger partial charge is 0.172 e. The summed E-state index contributed by atoms with van der Waals surface area (Å²) in [5.41, 5.74) is 0.955. The molecule has 0 radical (unpaired) electrons. The van der Waals surface area contributed by atoms with Gasteiger partial charge in [0.1, 0.15) is 5.82 Å². The third-order valence-corrected chi connectivity index (χ3v) is 4.89. The van der Waals surface area contributed by atoms with Crippen LogP contribution in [0.2, 0.25) is 0 Å². The van der Waals surface area contributed by atoms with Gasteiger partial charge in [-0.1, -0.05) is 18.2 Å². The van der Waals surface area contributed by atoms with E-state index in [1.165, 1.54) is 0 Å². The minimum absolute atomic E-state index is 0.271. The molecule has 1 aliphatic heterocycles. The third-order valence-electron chi connectivity index (χ3n) is 4.02. The Kier molecular flexibility index (Phi) is 3.52. The number of thiophene rings is 1. The van der Waals surface area contributed by atoms with Gasteiger partial charge in [0, 0.05) is 18.5 Å². The highest BCUT2D eigenvalue weighted by Crippen LogP contribution is 2.30. The Morgan fingerprint density at radius 2 is 2.05 bits per heavy atom. The fourth-order valence-electron chi connectivity index (χ4n) is 2.96. The molecule has 0 saturated carbocycles. The molecular formula is C17H17N3OS. The van der Waals surface area contributed by atoms with Gasteiger partial charge in [-0.05, 0) is 36.4 Å². The van der Waals surface area contributed by atoms with E-state index in [9.17, 15) is 5.11 Å². The van der Waals surface area contributed by atoms with Crippen molar-refractivity contribution >= 4 is 28.1 Å². The lowest BCUT2D eigenvalue weighted by Crippen LogP contribution is -2.38. The summed E-state index contributed by atoms with van der Waals surface area (Å²) >= 11 is 1.65. The van der Waals surface area contributed by atoms with E-state index in [0.29, 0.717) is 6.54 Å². The molecule has 3 aromatic rings. The second kappa shape index (κ2) is 5.66. The first-order valence-corrected chi connectivity index (χ1v) is 8.43. The Morgan fingerprint density at radius 3 is 2.86 bits per heavy atom. The van der Waals surface area contributed by atoms with Crippen LogP contribution in [0.4, 0.5) is 5.82 Å². The summed E-state index contributed by atoms with van der Waals surface area (Å²) in [4.78, 5) is 12.8. The van der Waals surface area contributed by atoms with Gasteiger partial charge in [0.2, 0.25) is 0 Å². The molecular weight excluding hydrogens is 294 g/mol. The van der Waals surface area contributed by atoms with Gasteiger partial charge in [0.15, 0.2) is 5.82 Å². The van der Waals surface area contributed by atoms with Crippen molar-refractivity contribution in [3.63, 3.8) is 0 Å². The van der Waals surface area contributed by atoms with Crippen LogP contribution in [-0.4, -0.2) is 34.3 Å². The maximum atomic E-state index is 9.98. The first-order valence-electron chi connectivity index (χ1n) is 7.55. The van der Waals surface area contributed by atoms with E-state index >= 15 is 0 Å². The Balaban J connectivity index is 1.87. The summed E-state index contributed by atoms with van der Waals surface area (Å²) in [7, 11) is 0. The van der Waals surface area contributed by atoms with E-state index < -0.39 is 0 Å². The highest BCUT2D eigenvalue weighted by atomic mass is 32.1. The number of nitrogens with zero attached hydrogens (tertiary/aromatic N) is 3. The van der Waals surface area contributed by atoms with Gasteiger partial charge in [-0.15, -0.1) is 11.3 Å². The standard InChI is InChI=1S/C17H17N3OS/c21-12-5-3-9-20(11-12)17-13-6-1-2-7-14(13)18-16(19-17)15-8-4-10-22-15/h1-2,4,6-8,10,12,21H,3,5,9,11H2/t12-/m1/s1. The number of piperidine rings is 1. The molecule has 112 valence electrons. The number of anilines is 1. The zero-order valence-electron chi connectivity index (χ0n) is 12.1. The average Bonchev–Trinajstić information content (AvgIpc) is 3.08. The number of aliphatic hydroxyl groups is 1. The molecule has 0 bridgehead atoms. The number of para-hydroxylation sites is 1. The molecule has 5 heteroatoms. The van der Waals surface area contributed by atoms with Crippen LogP contribution in [0.5, 0.6) is 0 Å². The van der Waals surface area contributed by atoms with E-state index in [1.54, 1.807) is 11.3 Å². The molecule has 22 heavy (non-hydrogen) atoms. The molecule has 4 nitrogen and oxygen atoms in total. The van der Waals surface area contributed by atoms with Gasteiger partial charge in [-0.3, -0.25) is 0 Å². The predicted molar refractivity (Wildman–Crippen MR) is 90.3 cm³/mol. The lowest BCUT2D eigenvalue weighted by Gasteiger charge is -2.31. The first kappa shape index (κ1) is 13.7. The molecule has 1 fully saturated rings. The Bertz CT molecular complexity index is 788. The summed E-state index contributed by atoms with van der Waals surface area (Å²) in [6.45, 7) is 1.58. The molecule has 1 atom stereocenters. The van der Waals surface area contributed by atoms with Crippen LogP contribution < -0.4 is 4.90 Å². The maximum Gasteiger partial charge on any atom is 0.172 e. The van der Waals surface area contributed by atoms with Crippen molar-refractivity contribution in [2.75, 3.05) is 18.0 Å². The maximum absolute atomic E-state index is 9.98. The SMILES string of the molecule is O[C@@H]1CCCN(c2nc(-c3cccs3)nc3ccccc23)C1. The predicted octanol–water partition coefficient (Wildman–Crippen LogP) is 3.32. The van der Waals surface area contributed by atoms with Crippen molar-refractivity contribution in [3.05, 3.63) is 41.8 Å². The summed E-state index contributed by atoms with van der Waals surface area (Å²) in [5.74, 6) is 1.71. The number of rotatable bonds is 2. The van der Waals surface area contributed by atoms with Crippen LogP contribution in [0.15, 0.2) is 41.8 Å². The number of fused-ring (bicyclic) bond motifs is 1. The van der Waals surface area contributed by atoms with Crippen molar-refractivity contribution in [2.24, 2.45) is 0 Å². The van der Waals surface area contributed by atoms with Crippen LogP contribution in [0, 0.1) is 0 Å². The van der Waals surface area contributed by atoms with Gasteiger partial charge in [-0.2, -0.15) is 0 Å². The van der Waals surface area contributed by atoms with Gasteiger partial charge >= 0.3 is 0 Å². The molecule has 0 amide bonds. The Labute approximate surface area is 133 Å². The molecule has 0 spiro atoms. The molecule has 1 saturated heterocycles. The van der Waals surface area contributed by atoms with Crippen LogP contribution in [0.1, 0.15) is 12.8 Å². The second-order valence-corrected chi connectivity index (χ2v) is 6.56. The monoisotopic (exact) mass is 311 g/mol. The highest BCUT2D eigenvalue weighted by molar-refractivity contribution is 7.13. The highest BCUT2D eigenvalue weighted by Gasteiger charge is 2.22. The second-order valence-electron chi connectivity index (χ2n) is 5.61. The number of hydrogen-bond acceptors (Lipinski definition) is 5. The van der Waals surface area contributed by atoms with Crippen molar-refractivity contribution in [1.29, 1.82) is 0 Å². The summed E-state index contributed by atoms with van der Waals surface area (Å²) in [6.07, 6.45) is 1.60.